The number of aromatic nitrogens is 6. The van der Waals surface area contributed by atoms with E-state index in [0.717, 1.165) is 43.6 Å². The van der Waals surface area contributed by atoms with E-state index in [9.17, 15) is 18.8 Å². The van der Waals surface area contributed by atoms with Gasteiger partial charge in [-0.3, -0.25) is 0 Å². The number of anilines is 2. The van der Waals surface area contributed by atoms with Gasteiger partial charge in [-0.15, -0.1) is 0 Å². The van der Waals surface area contributed by atoms with Crippen molar-refractivity contribution in [1.82, 2.24) is 29.1 Å². The van der Waals surface area contributed by atoms with Crippen LogP contribution in [0.5, 0.6) is 5.75 Å². The van der Waals surface area contributed by atoms with Crippen LogP contribution in [-0.4, -0.2) is 99.6 Å². The molecule has 17 nitrogen and oxygen atoms in total. The Hall–Kier alpha value is -6.34. The van der Waals surface area contributed by atoms with Gasteiger partial charge in [0.05, 0.1) is 31.5 Å². The summed E-state index contributed by atoms with van der Waals surface area (Å²) in [6, 6.07) is 18.6. The van der Waals surface area contributed by atoms with Crippen molar-refractivity contribution in [2.75, 3.05) is 55.7 Å². The van der Waals surface area contributed by atoms with E-state index in [-0.39, 0.29) is 24.6 Å². The summed E-state index contributed by atoms with van der Waals surface area (Å²) in [7, 11) is 0. The Morgan fingerprint density at radius 1 is 0.902 bits per heavy atom. The number of carbonyl (C=O) groups excluding carboxylic acids is 2. The van der Waals surface area contributed by atoms with Crippen LogP contribution in [0.25, 0.3) is 5.69 Å². The van der Waals surface area contributed by atoms with Crippen molar-refractivity contribution < 1.29 is 47.8 Å². The van der Waals surface area contributed by atoms with Crippen molar-refractivity contribution in [2.45, 2.75) is 64.2 Å². The summed E-state index contributed by atoms with van der Waals surface area (Å²) in [5.41, 5.74) is 5.01. The fourth-order valence-corrected chi connectivity index (χ4v) is 7.89. The largest absolute Gasteiger partial charge is 0.511 e. The minimum atomic E-state index is -1.15. The standard InChI is InChI=1S/C42H49F2N9O8/c1-4-38(28(2)59-41(56)61-29(3)60-39(54)21-45)53-40(55)52(27-48-53)34-8-6-32(7-9-34)49-15-17-50(18-16-49)33-10-12-35(13-11-33)57-22-30-20-42(58-23-30,24-51-26-46-25-47-51)36-14-5-31(43)19-37(36)44/h5-14,19,25-30,38H,4,15-18,20-24,45H2,1-3H3/p+1/t28-,29?,30+,38-,42-/m0/s1. The number of hydrogen-bond donors (Lipinski definition) is 1. The molecule has 61 heavy (non-hydrogen) atoms. The lowest BCUT2D eigenvalue weighted by Crippen LogP contribution is -2.55. The van der Waals surface area contributed by atoms with Gasteiger partial charge in [-0.1, -0.05) is 13.0 Å². The lowest BCUT2D eigenvalue weighted by molar-refractivity contribution is -0.361. The van der Waals surface area contributed by atoms with Crippen molar-refractivity contribution >= 4 is 23.5 Å². The SMILES string of the molecule is CC[C@@H]([C@H](C)OC(=O)OC(C)OC(=O)C[NH3+])n1ncn(-c2ccc(N3CCN(c4ccc(OC[C@@H]5CO[C@@](Cn6cncn6)(c6ccc(F)cc6F)C5)cc4)CC3)cc2)c1=O. The van der Waals surface area contributed by atoms with Gasteiger partial charge in [0.2, 0.25) is 6.29 Å². The zero-order valence-electron chi connectivity index (χ0n) is 34.3. The highest BCUT2D eigenvalue weighted by atomic mass is 19.1. The zero-order valence-corrected chi connectivity index (χ0v) is 34.3. The van der Waals surface area contributed by atoms with Gasteiger partial charge in [0, 0.05) is 62.0 Å². The molecular formula is C42H50F2N9O8+. The highest BCUT2D eigenvalue weighted by Crippen LogP contribution is 2.42. The highest BCUT2D eigenvalue weighted by molar-refractivity contribution is 5.70. The number of quaternary nitrogens is 1. The maximum Gasteiger partial charge on any atom is 0.511 e. The molecule has 2 aliphatic rings. The maximum atomic E-state index is 15.0. The number of hydrogen-bond acceptors (Lipinski definition) is 13. The van der Waals surface area contributed by atoms with Crippen molar-refractivity contribution in [2.24, 2.45) is 5.92 Å². The second-order valence-corrected chi connectivity index (χ2v) is 15.1. The summed E-state index contributed by atoms with van der Waals surface area (Å²) in [5.74, 6) is -1.26. The normalized spacial score (nSPS) is 19.3. The minimum absolute atomic E-state index is 0.0371. The molecule has 2 aromatic heterocycles. The van der Waals surface area contributed by atoms with E-state index in [1.807, 2.05) is 55.5 Å². The van der Waals surface area contributed by atoms with Gasteiger partial charge in [0.25, 0.3) is 0 Å². The lowest BCUT2D eigenvalue weighted by Gasteiger charge is -2.37. The van der Waals surface area contributed by atoms with Crippen LogP contribution in [-0.2, 0) is 35.9 Å². The fraction of sp³-hybridized carbons (Fsp3) is 0.429. The molecule has 0 bridgehead atoms. The van der Waals surface area contributed by atoms with Crippen molar-refractivity contribution in [1.29, 1.82) is 0 Å². The number of piperazine rings is 1. The molecule has 0 spiro atoms. The van der Waals surface area contributed by atoms with E-state index in [2.05, 4.69) is 30.7 Å². The van der Waals surface area contributed by atoms with Crippen LogP contribution in [0.2, 0.25) is 0 Å². The van der Waals surface area contributed by atoms with E-state index in [1.165, 1.54) is 41.0 Å². The predicted octanol–water partition coefficient (Wildman–Crippen LogP) is 3.87. The summed E-state index contributed by atoms with van der Waals surface area (Å²) in [6.07, 6.45) is 2.33. The molecule has 19 heteroatoms. The number of esters is 1. The molecule has 5 atom stereocenters. The number of nitrogens with zero attached hydrogens (tertiary/aromatic N) is 8. The minimum Gasteiger partial charge on any atom is -0.493 e. The smallest absolute Gasteiger partial charge is 0.493 e. The van der Waals surface area contributed by atoms with Gasteiger partial charge in [0.1, 0.15) is 48.1 Å². The molecular weight excluding hydrogens is 797 g/mol. The Kier molecular flexibility index (Phi) is 13.3. The molecule has 4 heterocycles. The maximum absolute atomic E-state index is 15.0. The first-order valence-electron chi connectivity index (χ1n) is 20.2. The van der Waals surface area contributed by atoms with Gasteiger partial charge in [0.15, 0.2) is 6.54 Å². The van der Waals surface area contributed by atoms with Crippen LogP contribution in [0.1, 0.15) is 45.2 Å². The third-order valence-electron chi connectivity index (χ3n) is 11.0. The topological polar surface area (TPSA) is 185 Å². The van der Waals surface area contributed by atoms with Crippen LogP contribution < -0.4 is 26.0 Å². The number of carbonyl (C=O) groups is 2. The third-order valence-corrected chi connectivity index (χ3v) is 11.0. The average molecular weight is 847 g/mol. The first-order valence-corrected chi connectivity index (χ1v) is 20.2. The predicted molar refractivity (Wildman–Crippen MR) is 216 cm³/mol. The Morgan fingerprint density at radius 3 is 2.20 bits per heavy atom. The van der Waals surface area contributed by atoms with Crippen molar-refractivity contribution in [3.05, 3.63) is 113 Å². The molecule has 0 radical (unpaired) electrons. The highest BCUT2D eigenvalue weighted by Gasteiger charge is 2.44. The van der Waals surface area contributed by atoms with E-state index < -0.39 is 53.5 Å². The van der Waals surface area contributed by atoms with E-state index in [0.29, 0.717) is 37.5 Å². The quantitative estimate of drug-likeness (QED) is 0.112. The van der Waals surface area contributed by atoms with Crippen LogP contribution in [0.3, 0.4) is 0 Å². The Morgan fingerprint density at radius 2 is 1.57 bits per heavy atom. The number of halogens is 2. The van der Waals surface area contributed by atoms with E-state index >= 15 is 4.39 Å². The summed E-state index contributed by atoms with van der Waals surface area (Å²) >= 11 is 0. The first kappa shape index (κ1) is 42.8. The molecule has 324 valence electrons. The summed E-state index contributed by atoms with van der Waals surface area (Å²) in [6.45, 7) is 8.88. The number of ether oxygens (including phenoxy) is 5. The van der Waals surface area contributed by atoms with Crippen molar-refractivity contribution in [3.8, 4) is 11.4 Å². The van der Waals surface area contributed by atoms with E-state index in [1.54, 1.807) is 17.9 Å². The van der Waals surface area contributed by atoms with Gasteiger partial charge in [-0.05, 0) is 74.4 Å². The molecule has 3 aromatic carbocycles. The van der Waals surface area contributed by atoms with Crippen molar-refractivity contribution in [3.63, 3.8) is 0 Å². The molecule has 1 unspecified atom stereocenters. The van der Waals surface area contributed by atoms with Gasteiger partial charge in [-0.2, -0.15) is 10.2 Å². The molecule has 2 aliphatic heterocycles. The molecule has 5 aromatic rings. The average Bonchev–Trinajstić information content (AvgIpc) is 4.02. The number of benzene rings is 3. The number of rotatable bonds is 16. The third kappa shape index (κ3) is 10.0. The zero-order chi connectivity index (χ0) is 43.1. The molecule has 0 aliphatic carbocycles. The fourth-order valence-electron chi connectivity index (χ4n) is 7.89. The van der Waals surface area contributed by atoms with Gasteiger partial charge >= 0.3 is 17.8 Å². The van der Waals surface area contributed by atoms with Crippen LogP contribution in [0.15, 0.2) is 90.5 Å². The summed E-state index contributed by atoms with van der Waals surface area (Å²) in [4.78, 5) is 45.8. The van der Waals surface area contributed by atoms with Crippen LogP contribution >= 0.6 is 0 Å². The molecule has 3 N–H and O–H groups in total. The first-order chi connectivity index (χ1) is 29.4. The molecule has 7 rings (SSSR count). The molecule has 0 saturated carbocycles. The molecule has 2 fully saturated rings. The summed E-state index contributed by atoms with van der Waals surface area (Å²) < 4.78 is 60.8. The van der Waals surface area contributed by atoms with Gasteiger partial charge < -0.3 is 39.2 Å². The lowest BCUT2D eigenvalue weighted by atomic mass is 9.87. The van der Waals surface area contributed by atoms with Gasteiger partial charge in [-0.25, -0.2) is 42.1 Å². The van der Waals surface area contributed by atoms with Crippen LogP contribution in [0.4, 0.5) is 25.0 Å². The second kappa shape index (κ2) is 18.9. The molecule has 0 amide bonds. The monoisotopic (exact) mass is 846 g/mol. The second-order valence-electron chi connectivity index (χ2n) is 15.1. The Bertz CT molecular complexity index is 2300. The molecule has 2 saturated heterocycles. The van der Waals surface area contributed by atoms with Crippen LogP contribution in [0, 0.1) is 17.6 Å². The Balaban J connectivity index is 0.894. The van der Waals surface area contributed by atoms with E-state index in [4.69, 9.17) is 23.7 Å². The summed E-state index contributed by atoms with van der Waals surface area (Å²) in [5, 5.41) is 8.51. The Labute approximate surface area is 350 Å².